The Bertz CT molecular complexity index is 493. The first-order valence-corrected chi connectivity index (χ1v) is 8.21. The van der Waals surface area contributed by atoms with Gasteiger partial charge in [0, 0.05) is 23.4 Å². The first-order chi connectivity index (χ1) is 9.67. The van der Waals surface area contributed by atoms with Crippen molar-refractivity contribution in [2.45, 2.75) is 45.6 Å². The van der Waals surface area contributed by atoms with Gasteiger partial charge in [0.15, 0.2) is 0 Å². The van der Waals surface area contributed by atoms with E-state index in [-0.39, 0.29) is 24.5 Å². The van der Waals surface area contributed by atoms with E-state index >= 15 is 0 Å². The summed E-state index contributed by atoms with van der Waals surface area (Å²) in [6.07, 6.45) is 7.92. The zero-order valence-electron chi connectivity index (χ0n) is 12.2. The van der Waals surface area contributed by atoms with Crippen molar-refractivity contribution in [3.05, 3.63) is 33.5 Å². The fraction of sp³-hybridized carbons (Fsp3) is 0.562. The van der Waals surface area contributed by atoms with E-state index in [2.05, 4.69) is 19.2 Å². The Labute approximate surface area is 124 Å². The standard InChI is InChI=1S/C16H23NO2S/c1-3-5-14-12(4-2)9-15(20-14)16(19)17-13-7-6-11(8-13)10-18/h6-7,9,11,13,18H,3-5,8,10H2,1-2H3,(H,17,19)/t11-,13+/m0/s1. The highest BCUT2D eigenvalue weighted by atomic mass is 32.1. The lowest BCUT2D eigenvalue weighted by Gasteiger charge is -2.11. The number of thiophene rings is 1. The average molecular weight is 293 g/mol. The summed E-state index contributed by atoms with van der Waals surface area (Å²) >= 11 is 1.62. The van der Waals surface area contributed by atoms with Crippen molar-refractivity contribution < 1.29 is 9.90 Å². The smallest absolute Gasteiger partial charge is 0.261 e. The van der Waals surface area contributed by atoms with E-state index in [1.165, 1.54) is 10.4 Å². The van der Waals surface area contributed by atoms with E-state index in [9.17, 15) is 4.79 Å². The molecule has 0 aromatic carbocycles. The molecule has 1 aromatic rings. The molecule has 3 nitrogen and oxygen atoms in total. The van der Waals surface area contributed by atoms with Crippen molar-refractivity contribution in [1.82, 2.24) is 5.32 Å². The van der Waals surface area contributed by atoms with Crippen molar-refractivity contribution in [2.24, 2.45) is 5.92 Å². The van der Waals surface area contributed by atoms with Gasteiger partial charge in [0.05, 0.1) is 4.88 Å². The zero-order valence-corrected chi connectivity index (χ0v) is 13.0. The molecule has 1 aliphatic carbocycles. The minimum atomic E-state index is 0.0142. The van der Waals surface area contributed by atoms with Crippen molar-refractivity contribution in [2.75, 3.05) is 6.61 Å². The second kappa shape index (κ2) is 7.04. The van der Waals surface area contributed by atoms with Crippen LogP contribution in [0.2, 0.25) is 0 Å². The molecular weight excluding hydrogens is 270 g/mol. The van der Waals surface area contributed by atoms with Gasteiger partial charge in [-0.1, -0.05) is 32.4 Å². The first kappa shape index (κ1) is 15.3. The molecule has 1 amide bonds. The monoisotopic (exact) mass is 293 g/mol. The summed E-state index contributed by atoms with van der Waals surface area (Å²) in [7, 11) is 0. The van der Waals surface area contributed by atoms with Gasteiger partial charge in [0.2, 0.25) is 0 Å². The van der Waals surface area contributed by atoms with Gasteiger partial charge < -0.3 is 10.4 Å². The number of aryl methyl sites for hydroxylation is 2. The SMILES string of the molecule is CCCc1sc(C(=O)N[C@@H]2C=C[C@H](CO)C2)cc1CC. The highest BCUT2D eigenvalue weighted by Gasteiger charge is 2.21. The largest absolute Gasteiger partial charge is 0.396 e. The molecule has 0 saturated carbocycles. The number of carbonyl (C=O) groups excluding carboxylic acids is 1. The Morgan fingerprint density at radius 3 is 2.85 bits per heavy atom. The van der Waals surface area contributed by atoms with Crippen LogP contribution >= 0.6 is 11.3 Å². The fourth-order valence-electron chi connectivity index (χ4n) is 2.57. The Morgan fingerprint density at radius 1 is 1.45 bits per heavy atom. The lowest BCUT2D eigenvalue weighted by Crippen LogP contribution is -2.32. The van der Waals surface area contributed by atoms with Crippen molar-refractivity contribution in [3.8, 4) is 0 Å². The molecule has 0 fully saturated rings. The van der Waals surface area contributed by atoms with E-state index in [1.807, 2.05) is 18.2 Å². The van der Waals surface area contributed by atoms with Crippen LogP contribution in [0.4, 0.5) is 0 Å². The molecule has 20 heavy (non-hydrogen) atoms. The normalized spacial score (nSPS) is 21.4. The number of amides is 1. The predicted octanol–water partition coefficient (Wildman–Crippen LogP) is 2.93. The summed E-state index contributed by atoms with van der Waals surface area (Å²) in [5, 5.41) is 12.1. The van der Waals surface area contributed by atoms with Gasteiger partial charge in [-0.25, -0.2) is 0 Å². The molecule has 1 aromatic heterocycles. The van der Waals surface area contributed by atoms with Crippen LogP contribution < -0.4 is 5.32 Å². The molecule has 4 heteroatoms. The van der Waals surface area contributed by atoms with E-state index < -0.39 is 0 Å². The van der Waals surface area contributed by atoms with Gasteiger partial charge in [-0.05, 0) is 30.9 Å². The van der Waals surface area contributed by atoms with Crippen molar-refractivity contribution in [3.63, 3.8) is 0 Å². The van der Waals surface area contributed by atoms with E-state index in [0.717, 1.165) is 30.6 Å². The topological polar surface area (TPSA) is 49.3 Å². The second-order valence-electron chi connectivity index (χ2n) is 5.31. The van der Waals surface area contributed by atoms with Crippen LogP contribution in [0.1, 0.15) is 46.8 Å². The van der Waals surface area contributed by atoms with Gasteiger partial charge in [-0.15, -0.1) is 11.3 Å². The lowest BCUT2D eigenvalue weighted by atomic mass is 10.1. The molecule has 1 aliphatic rings. The number of nitrogens with one attached hydrogen (secondary N) is 1. The summed E-state index contributed by atoms with van der Waals surface area (Å²) in [5.41, 5.74) is 1.30. The number of carbonyl (C=O) groups is 1. The van der Waals surface area contributed by atoms with Crippen LogP contribution in [0.15, 0.2) is 18.2 Å². The maximum absolute atomic E-state index is 12.3. The Balaban J connectivity index is 2.01. The molecule has 0 unspecified atom stereocenters. The molecule has 0 spiro atoms. The molecule has 0 bridgehead atoms. The molecule has 2 N–H and O–H groups in total. The summed E-state index contributed by atoms with van der Waals surface area (Å²) in [4.78, 5) is 14.4. The number of aliphatic hydroxyl groups excluding tert-OH is 1. The average Bonchev–Trinajstić information content (AvgIpc) is 3.05. The van der Waals surface area contributed by atoms with Crippen LogP contribution in [0.3, 0.4) is 0 Å². The summed E-state index contributed by atoms with van der Waals surface area (Å²) in [6.45, 7) is 4.45. The Hall–Kier alpha value is -1.13. The third kappa shape index (κ3) is 3.49. The van der Waals surface area contributed by atoms with E-state index in [0.29, 0.717) is 0 Å². The quantitative estimate of drug-likeness (QED) is 0.792. The van der Waals surface area contributed by atoms with Crippen LogP contribution in [0, 0.1) is 5.92 Å². The summed E-state index contributed by atoms with van der Waals surface area (Å²) < 4.78 is 0. The van der Waals surface area contributed by atoms with Crippen LogP contribution in [-0.2, 0) is 12.8 Å². The first-order valence-electron chi connectivity index (χ1n) is 7.39. The highest BCUT2D eigenvalue weighted by Crippen LogP contribution is 2.25. The molecular formula is C16H23NO2S. The molecule has 0 radical (unpaired) electrons. The number of hydrogen-bond donors (Lipinski definition) is 2. The molecule has 1 heterocycles. The zero-order chi connectivity index (χ0) is 14.5. The van der Waals surface area contributed by atoms with Crippen LogP contribution in [-0.4, -0.2) is 23.7 Å². The molecule has 2 rings (SSSR count). The molecule has 110 valence electrons. The second-order valence-corrected chi connectivity index (χ2v) is 6.44. The third-order valence-corrected chi connectivity index (χ3v) is 4.94. The van der Waals surface area contributed by atoms with Crippen LogP contribution in [0.5, 0.6) is 0 Å². The summed E-state index contributed by atoms with van der Waals surface area (Å²) in [5.74, 6) is 0.200. The molecule has 2 atom stereocenters. The van der Waals surface area contributed by atoms with Gasteiger partial charge >= 0.3 is 0 Å². The van der Waals surface area contributed by atoms with E-state index in [4.69, 9.17) is 5.11 Å². The maximum atomic E-state index is 12.3. The molecule has 0 aliphatic heterocycles. The van der Waals surface area contributed by atoms with Gasteiger partial charge in [-0.2, -0.15) is 0 Å². The highest BCUT2D eigenvalue weighted by molar-refractivity contribution is 7.14. The maximum Gasteiger partial charge on any atom is 0.261 e. The van der Waals surface area contributed by atoms with Crippen LogP contribution in [0.25, 0.3) is 0 Å². The minimum Gasteiger partial charge on any atom is -0.396 e. The Morgan fingerprint density at radius 2 is 2.25 bits per heavy atom. The van der Waals surface area contributed by atoms with Gasteiger partial charge in [0.25, 0.3) is 5.91 Å². The predicted molar refractivity (Wildman–Crippen MR) is 83.3 cm³/mol. The number of aliphatic hydroxyl groups is 1. The summed E-state index contributed by atoms with van der Waals surface area (Å²) in [6, 6.07) is 2.09. The molecule has 0 saturated heterocycles. The number of rotatable bonds is 6. The van der Waals surface area contributed by atoms with Gasteiger partial charge in [-0.3, -0.25) is 4.79 Å². The lowest BCUT2D eigenvalue weighted by molar-refractivity contribution is 0.0945. The van der Waals surface area contributed by atoms with Crippen molar-refractivity contribution in [1.29, 1.82) is 0 Å². The third-order valence-electron chi connectivity index (χ3n) is 3.70. The fourth-order valence-corrected chi connectivity index (χ4v) is 3.83. The van der Waals surface area contributed by atoms with Gasteiger partial charge in [0.1, 0.15) is 0 Å². The van der Waals surface area contributed by atoms with E-state index in [1.54, 1.807) is 11.3 Å². The number of hydrogen-bond acceptors (Lipinski definition) is 3. The Kier molecular flexibility index (Phi) is 5.38. The van der Waals surface area contributed by atoms with Crippen molar-refractivity contribution >= 4 is 17.2 Å². The minimum absolute atomic E-state index is 0.0142.